The fraction of sp³-hybridized carbons (Fsp3) is 1.00. The Bertz CT molecular complexity index is 122. The molecule has 3 nitrogen and oxygen atoms in total. The quantitative estimate of drug-likeness (QED) is 0.641. The molecule has 0 saturated carbocycles. The second-order valence-electron chi connectivity index (χ2n) is 4.36. The van der Waals surface area contributed by atoms with Crippen LogP contribution in [0.4, 0.5) is 0 Å². The van der Waals surface area contributed by atoms with Gasteiger partial charge in [0.1, 0.15) is 0 Å². The molecule has 0 unspecified atom stereocenters. The van der Waals surface area contributed by atoms with Crippen molar-refractivity contribution in [1.29, 1.82) is 0 Å². The monoisotopic (exact) mass is 215 g/mol. The van der Waals surface area contributed by atoms with E-state index in [0.29, 0.717) is 0 Å². The zero-order valence-corrected chi connectivity index (χ0v) is 10.4. The molecule has 1 rings (SSSR count). The van der Waals surface area contributed by atoms with Crippen LogP contribution < -0.4 is 11.5 Å². The van der Waals surface area contributed by atoms with Crippen LogP contribution in [0.5, 0.6) is 0 Å². The van der Waals surface area contributed by atoms with Crippen LogP contribution in [-0.4, -0.2) is 37.6 Å². The number of hydrogen-bond donors (Lipinski definition) is 2. The van der Waals surface area contributed by atoms with E-state index in [0.717, 1.165) is 0 Å². The van der Waals surface area contributed by atoms with E-state index in [1.807, 2.05) is 0 Å². The molecular weight excluding hydrogens is 186 g/mol. The van der Waals surface area contributed by atoms with Gasteiger partial charge < -0.3 is 16.4 Å². The predicted molar refractivity (Wildman–Crippen MR) is 67.7 cm³/mol. The number of piperazine rings is 1. The first kappa shape index (κ1) is 14.9. The molecule has 92 valence electrons. The van der Waals surface area contributed by atoms with Crippen molar-refractivity contribution >= 4 is 0 Å². The predicted octanol–water partition coefficient (Wildman–Crippen LogP) is 2.41. The van der Waals surface area contributed by atoms with E-state index in [2.05, 4.69) is 17.1 Å². The molecule has 0 atom stereocenters. The smallest absolute Gasteiger partial charge is 0.0107 e. The highest BCUT2D eigenvalue weighted by molar-refractivity contribution is 4.67. The van der Waals surface area contributed by atoms with Crippen LogP contribution in [0.3, 0.4) is 0 Å². The summed E-state index contributed by atoms with van der Waals surface area (Å²) in [4.78, 5) is 2.59. The van der Waals surface area contributed by atoms with Crippen molar-refractivity contribution in [2.24, 2.45) is 0 Å². The van der Waals surface area contributed by atoms with Gasteiger partial charge in [-0.15, -0.1) is 0 Å². The summed E-state index contributed by atoms with van der Waals surface area (Å²) in [5.74, 6) is 0. The van der Waals surface area contributed by atoms with Gasteiger partial charge >= 0.3 is 0 Å². The van der Waals surface area contributed by atoms with E-state index in [1.165, 1.54) is 71.2 Å². The van der Waals surface area contributed by atoms with Gasteiger partial charge in [-0.05, 0) is 13.0 Å². The maximum Gasteiger partial charge on any atom is 0.0107 e. The largest absolute Gasteiger partial charge is 0.344 e. The molecule has 3 heteroatoms. The van der Waals surface area contributed by atoms with Crippen LogP contribution in [0.1, 0.15) is 45.4 Å². The Morgan fingerprint density at radius 3 is 2.20 bits per heavy atom. The Morgan fingerprint density at radius 2 is 1.53 bits per heavy atom. The van der Waals surface area contributed by atoms with E-state index >= 15 is 0 Å². The molecule has 0 aromatic carbocycles. The summed E-state index contributed by atoms with van der Waals surface area (Å²) in [5.41, 5.74) is 0. The summed E-state index contributed by atoms with van der Waals surface area (Å²) in [6.07, 6.45) is 8.51. The van der Waals surface area contributed by atoms with Gasteiger partial charge in [0.05, 0.1) is 0 Å². The Hall–Kier alpha value is -0.120. The fourth-order valence-corrected chi connectivity index (χ4v) is 2.05. The van der Waals surface area contributed by atoms with Crippen molar-refractivity contribution in [3.63, 3.8) is 0 Å². The molecule has 0 amide bonds. The van der Waals surface area contributed by atoms with E-state index in [9.17, 15) is 0 Å². The fourth-order valence-electron chi connectivity index (χ4n) is 2.05. The van der Waals surface area contributed by atoms with Crippen molar-refractivity contribution in [3.8, 4) is 0 Å². The van der Waals surface area contributed by atoms with Gasteiger partial charge in [0, 0.05) is 26.2 Å². The molecule has 1 saturated heterocycles. The summed E-state index contributed by atoms with van der Waals surface area (Å²) in [6, 6.07) is 0. The molecule has 0 aromatic rings. The highest BCUT2D eigenvalue weighted by Crippen LogP contribution is 2.06. The zero-order chi connectivity index (χ0) is 10.1. The molecular formula is C12H29N3. The summed E-state index contributed by atoms with van der Waals surface area (Å²) in [5, 5.41) is 3.39. The van der Waals surface area contributed by atoms with Gasteiger partial charge in [-0.3, -0.25) is 0 Å². The molecule has 0 aromatic heterocycles. The lowest BCUT2D eigenvalue weighted by atomic mass is 10.1. The van der Waals surface area contributed by atoms with E-state index in [4.69, 9.17) is 0 Å². The average Bonchev–Trinajstić information content (AvgIpc) is 2.25. The van der Waals surface area contributed by atoms with E-state index in [-0.39, 0.29) is 6.15 Å². The Labute approximate surface area is 95.2 Å². The lowest BCUT2D eigenvalue weighted by Gasteiger charge is -2.26. The van der Waals surface area contributed by atoms with Gasteiger partial charge in [0.25, 0.3) is 0 Å². The maximum atomic E-state index is 3.39. The highest BCUT2D eigenvalue weighted by atomic mass is 15.2. The summed E-state index contributed by atoms with van der Waals surface area (Å²) >= 11 is 0. The summed E-state index contributed by atoms with van der Waals surface area (Å²) < 4.78 is 0. The van der Waals surface area contributed by atoms with Crippen molar-refractivity contribution in [1.82, 2.24) is 16.4 Å². The van der Waals surface area contributed by atoms with Crippen molar-refractivity contribution in [2.75, 3.05) is 32.7 Å². The van der Waals surface area contributed by atoms with E-state index < -0.39 is 0 Å². The third kappa shape index (κ3) is 7.77. The van der Waals surface area contributed by atoms with Crippen LogP contribution in [0.2, 0.25) is 0 Å². The summed E-state index contributed by atoms with van der Waals surface area (Å²) in [7, 11) is 0. The topological polar surface area (TPSA) is 50.3 Å². The second-order valence-corrected chi connectivity index (χ2v) is 4.36. The third-order valence-corrected chi connectivity index (χ3v) is 3.04. The minimum Gasteiger partial charge on any atom is -0.344 e. The first-order valence-electron chi connectivity index (χ1n) is 6.36. The Balaban J connectivity index is 0.00000196. The van der Waals surface area contributed by atoms with Gasteiger partial charge in [0.2, 0.25) is 0 Å². The lowest BCUT2D eigenvalue weighted by Crippen LogP contribution is -2.43. The van der Waals surface area contributed by atoms with Crippen LogP contribution in [0.15, 0.2) is 0 Å². The Kier molecular flexibility index (Phi) is 10.3. The Morgan fingerprint density at radius 1 is 0.933 bits per heavy atom. The molecule has 0 aliphatic carbocycles. The standard InChI is InChI=1S/C12H26N2.H3N/c1-2-3-4-5-6-7-10-14-11-8-13-9-12-14;/h13H,2-12H2,1H3;1H3. The molecule has 1 heterocycles. The van der Waals surface area contributed by atoms with Gasteiger partial charge in [-0.2, -0.15) is 0 Å². The minimum atomic E-state index is 0. The molecule has 0 radical (unpaired) electrons. The highest BCUT2D eigenvalue weighted by Gasteiger charge is 2.07. The third-order valence-electron chi connectivity index (χ3n) is 3.04. The molecule has 4 N–H and O–H groups in total. The molecule has 1 aliphatic rings. The van der Waals surface area contributed by atoms with Crippen molar-refractivity contribution in [2.45, 2.75) is 45.4 Å². The van der Waals surface area contributed by atoms with Crippen molar-refractivity contribution in [3.05, 3.63) is 0 Å². The normalized spacial score (nSPS) is 17.4. The SMILES string of the molecule is CCCCCCCCN1CCNCC1.N. The van der Waals surface area contributed by atoms with Crippen LogP contribution in [0.25, 0.3) is 0 Å². The lowest BCUT2D eigenvalue weighted by molar-refractivity contribution is 0.236. The average molecular weight is 215 g/mol. The summed E-state index contributed by atoms with van der Waals surface area (Å²) in [6.45, 7) is 8.50. The first-order chi connectivity index (χ1) is 6.93. The maximum absolute atomic E-state index is 3.39. The number of hydrogen-bond acceptors (Lipinski definition) is 3. The molecule has 0 bridgehead atoms. The van der Waals surface area contributed by atoms with Gasteiger partial charge in [-0.25, -0.2) is 0 Å². The number of nitrogens with zero attached hydrogens (tertiary/aromatic N) is 1. The molecule has 1 fully saturated rings. The van der Waals surface area contributed by atoms with Crippen LogP contribution >= 0.6 is 0 Å². The minimum absolute atomic E-state index is 0. The zero-order valence-electron chi connectivity index (χ0n) is 10.4. The first-order valence-corrected chi connectivity index (χ1v) is 6.36. The van der Waals surface area contributed by atoms with Crippen LogP contribution in [-0.2, 0) is 0 Å². The molecule has 0 spiro atoms. The molecule has 1 aliphatic heterocycles. The van der Waals surface area contributed by atoms with E-state index in [1.54, 1.807) is 0 Å². The van der Waals surface area contributed by atoms with Crippen molar-refractivity contribution < 1.29 is 0 Å². The molecule has 15 heavy (non-hydrogen) atoms. The van der Waals surface area contributed by atoms with Gasteiger partial charge in [0.15, 0.2) is 0 Å². The van der Waals surface area contributed by atoms with Gasteiger partial charge in [-0.1, -0.05) is 39.0 Å². The number of rotatable bonds is 7. The second kappa shape index (κ2) is 10.4. The van der Waals surface area contributed by atoms with Crippen LogP contribution in [0, 0.1) is 0 Å². The number of nitrogens with one attached hydrogen (secondary N) is 1. The number of unbranched alkanes of at least 4 members (excludes halogenated alkanes) is 5.